The fraction of sp³-hybridized carbons (Fsp3) is 0.482. The maximum Gasteiger partial charge on any atom is 0.231 e. The molecule has 0 amide bonds. The molecule has 1 N–H and O–H groups in total. The van der Waals surface area contributed by atoms with Gasteiger partial charge < -0.3 is 5.11 Å². The summed E-state index contributed by atoms with van der Waals surface area (Å²) in [5.74, 6) is 3.37. The minimum Gasteiger partial charge on any atom is -0.508 e. The second-order valence-electron chi connectivity index (χ2n) is 21.1. The van der Waals surface area contributed by atoms with Crippen LogP contribution in [-0.4, -0.2) is 11.4 Å². The van der Waals surface area contributed by atoms with Crippen LogP contribution in [0, 0.1) is 48.3 Å². The summed E-state index contributed by atoms with van der Waals surface area (Å²) in [7, 11) is 0. The van der Waals surface area contributed by atoms with Gasteiger partial charge in [-0.05, 0) is 133 Å². The lowest BCUT2D eigenvalue weighted by atomic mass is 9.86. The Bertz CT molecular complexity index is 2500. The number of hydrogen-bond donors (Lipinski definition) is 1. The quantitative estimate of drug-likeness (QED) is 0.0829. The van der Waals surface area contributed by atoms with Crippen molar-refractivity contribution in [1.82, 2.24) is 0 Å². The Hall–Kier alpha value is -4.22. The highest BCUT2D eigenvalue weighted by molar-refractivity contribution is 7.92. The number of aliphatic hydroxyl groups excluding tert-OH is 1. The Morgan fingerprint density at radius 2 is 1.08 bits per heavy atom. The number of aliphatic hydroxyl groups is 1. The minimum absolute atomic E-state index is 0.0987. The fourth-order valence-electron chi connectivity index (χ4n) is 10.0. The zero-order valence-electron chi connectivity index (χ0n) is 40.2. The van der Waals surface area contributed by atoms with E-state index in [4.69, 9.17) is 9.15 Å². The molecule has 4 unspecified atom stereocenters. The largest absolute Gasteiger partial charge is 0.508 e. The molecule has 2 aliphatic carbocycles. The molecule has 0 spiro atoms. The topological polar surface area (TPSA) is 50.4 Å². The van der Waals surface area contributed by atoms with Gasteiger partial charge in [0, 0.05) is 34.2 Å². The SMILES string of the molecule is C=C/C(O)=C\c1c2ccccc2c2cc(C)cc(C3CC(C)(C)CC3C)c2ooc2c(C3CC(C)(C)CC3C)cc(C)cc2c2ccccc2[n+]1SC.CC(C)C.CC(C)C. The second kappa shape index (κ2) is 19.9. The number of hydrogen-bond acceptors (Lipinski definition) is 4. The molecule has 5 heteroatoms. The number of nitrogens with zero attached hydrogens (tertiary/aromatic N) is 1. The van der Waals surface area contributed by atoms with Gasteiger partial charge in [0.1, 0.15) is 5.76 Å². The first-order chi connectivity index (χ1) is 28.7. The number of aryl methyl sites for hydroxylation is 2. The molecule has 2 saturated carbocycles. The van der Waals surface area contributed by atoms with Crippen molar-refractivity contribution >= 4 is 61.6 Å². The number of para-hydroxylation sites is 1. The van der Waals surface area contributed by atoms with Crippen LogP contribution in [0.3, 0.4) is 0 Å². The Morgan fingerprint density at radius 3 is 1.49 bits per heavy atom. The Morgan fingerprint density at radius 1 is 0.672 bits per heavy atom. The molecule has 0 saturated heterocycles. The molecular weight excluding hydrogens is 767 g/mol. The number of aromatic nitrogens is 1. The lowest BCUT2D eigenvalue weighted by Gasteiger charge is -2.19. The van der Waals surface area contributed by atoms with Crippen LogP contribution in [-0.2, 0) is 0 Å². The lowest BCUT2D eigenvalue weighted by molar-refractivity contribution is -0.463. The van der Waals surface area contributed by atoms with E-state index in [1.807, 2.05) is 6.08 Å². The van der Waals surface area contributed by atoms with Gasteiger partial charge >= 0.3 is 0 Å². The molecule has 1 heterocycles. The van der Waals surface area contributed by atoms with Crippen LogP contribution in [0.25, 0.3) is 49.7 Å². The van der Waals surface area contributed by atoms with Crippen LogP contribution < -0.4 is 3.97 Å². The highest BCUT2D eigenvalue weighted by Gasteiger charge is 2.40. The molecule has 4 aromatic carbocycles. The summed E-state index contributed by atoms with van der Waals surface area (Å²) in [6.07, 6.45) is 9.90. The smallest absolute Gasteiger partial charge is 0.231 e. The molecule has 4 nitrogen and oxygen atoms in total. The van der Waals surface area contributed by atoms with E-state index in [0.717, 1.165) is 86.8 Å². The number of rotatable bonds is 5. The molecule has 0 bridgehead atoms. The summed E-state index contributed by atoms with van der Waals surface area (Å²) >= 11 is 1.61. The highest BCUT2D eigenvalue weighted by Crippen LogP contribution is 2.53. The van der Waals surface area contributed by atoms with Crippen LogP contribution in [0.1, 0.15) is 149 Å². The van der Waals surface area contributed by atoms with E-state index < -0.39 is 0 Å². The third kappa shape index (κ3) is 11.4. The molecule has 1 aromatic heterocycles. The normalized spacial score (nSPS) is 20.6. The molecule has 0 radical (unpaired) electrons. The van der Waals surface area contributed by atoms with Crippen LogP contribution in [0.2, 0.25) is 0 Å². The minimum atomic E-state index is 0.0987. The first-order valence-electron chi connectivity index (χ1n) is 22.7. The van der Waals surface area contributed by atoms with Crippen molar-refractivity contribution in [2.24, 2.45) is 34.5 Å². The van der Waals surface area contributed by atoms with Crippen molar-refractivity contribution in [2.75, 3.05) is 6.26 Å². The van der Waals surface area contributed by atoms with E-state index in [1.54, 1.807) is 11.9 Å². The Balaban J connectivity index is 0.000000810. The molecule has 2 fully saturated rings. The average Bonchev–Trinajstić information content (AvgIpc) is 3.62. The highest BCUT2D eigenvalue weighted by atomic mass is 32.2. The van der Waals surface area contributed by atoms with Crippen molar-refractivity contribution < 1.29 is 18.2 Å². The van der Waals surface area contributed by atoms with Gasteiger partial charge in [-0.2, -0.15) is 0 Å². The number of fused-ring (bicyclic) bond motifs is 6. The first-order valence-corrected chi connectivity index (χ1v) is 23.9. The van der Waals surface area contributed by atoms with Crippen molar-refractivity contribution in [1.29, 1.82) is 0 Å². The van der Waals surface area contributed by atoms with Gasteiger partial charge in [0.05, 0.1) is 16.8 Å². The van der Waals surface area contributed by atoms with Crippen molar-refractivity contribution in [3.8, 4) is 0 Å². The maximum absolute atomic E-state index is 11.2. The van der Waals surface area contributed by atoms with Gasteiger partial charge in [-0.1, -0.05) is 132 Å². The van der Waals surface area contributed by atoms with Gasteiger partial charge in [0.25, 0.3) is 0 Å². The summed E-state index contributed by atoms with van der Waals surface area (Å²) in [5.41, 5.74) is 8.64. The van der Waals surface area contributed by atoms with Gasteiger partial charge in [-0.15, -0.1) is 3.97 Å². The summed E-state index contributed by atoms with van der Waals surface area (Å²) in [5, 5.41) is 16.2. The predicted octanol–water partition coefficient (Wildman–Crippen LogP) is 17.3. The van der Waals surface area contributed by atoms with Gasteiger partial charge in [-0.25, -0.2) is 0 Å². The van der Waals surface area contributed by atoms with E-state index in [-0.39, 0.29) is 16.6 Å². The number of allylic oxidation sites excluding steroid dienone is 1. The maximum atomic E-state index is 11.2. The molecule has 328 valence electrons. The molecule has 61 heavy (non-hydrogen) atoms. The molecule has 0 aliphatic heterocycles. The predicted molar refractivity (Wildman–Crippen MR) is 267 cm³/mol. The summed E-state index contributed by atoms with van der Waals surface area (Å²) in [6.45, 7) is 35.6. The molecule has 4 atom stereocenters. The van der Waals surface area contributed by atoms with Crippen LogP contribution >= 0.6 is 11.9 Å². The fourth-order valence-corrected chi connectivity index (χ4v) is 10.7. The average molecular weight is 843 g/mol. The third-order valence-electron chi connectivity index (χ3n) is 12.0. The van der Waals surface area contributed by atoms with Crippen molar-refractivity contribution in [3.63, 3.8) is 0 Å². The standard InChI is InChI=1S/C48H55NO3S.2C4H10/c1-11-33(50)24-44-35-17-13-12-16-34(35)37-20-29(2)22-39(41-27-47(6,7)25-31(41)4)45(37)51-52-46-38(36-18-14-15-19-43(36)49(44)53-10)21-30(3)23-40(46)42-28-48(8,9)26-32(42)5;2*1-4(2)3/h11-24,31-32,41-42H,1,25-28H2,2-10H3;2*4H,1-3H3/p+1. The summed E-state index contributed by atoms with van der Waals surface area (Å²) in [6, 6.07) is 26.1. The van der Waals surface area contributed by atoms with Gasteiger partial charge in [0.15, 0.2) is 23.1 Å². The third-order valence-corrected chi connectivity index (χ3v) is 12.8. The summed E-state index contributed by atoms with van der Waals surface area (Å²) in [4.78, 5) is 0. The zero-order chi connectivity index (χ0) is 45.0. The first kappa shape index (κ1) is 47.8. The van der Waals surface area contributed by atoms with Crippen LogP contribution in [0.15, 0.2) is 100 Å². The Kier molecular flexibility index (Phi) is 15.6. The van der Waals surface area contributed by atoms with Crippen molar-refractivity contribution in [2.45, 2.75) is 134 Å². The molecule has 7 rings (SSSR count). The molecular formula is C56H76NO3S+. The van der Waals surface area contributed by atoms with E-state index >= 15 is 0 Å². The number of benzene rings is 4. The van der Waals surface area contributed by atoms with E-state index in [0.29, 0.717) is 23.7 Å². The van der Waals surface area contributed by atoms with Gasteiger partial charge in [-0.3, -0.25) is 9.15 Å². The van der Waals surface area contributed by atoms with Crippen molar-refractivity contribution in [3.05, 3.63) is 119 Å². The zero-order valence-corrected chi connectivity index (χ0v) is 41.0. The molecule has 5 aromatic rings. The second-order valence-corrected chi connectivity index (χ2v) is 21.8. The monoisotopic (exact) mass is 843 g/mol. The Labute approximate surface area is 372 Å². The van der Waals surface area contributed by atoms with E-state index in [1.165, 1.54) is 28.3 Å². The van der Waals surface area contributed by atoms with E-state index in [2.05, 4.69) is 187 Å². The summed E-state index contributed by atoms with van der Waals surface area (Å²) < 4.78 is 16.2. The van der Waals surface area contributed by atoms with Crippen LogP contribution in [0.4, 0.5) is 0 Å². The lowest BCUT2D eigenvalue weighted by Crippen LogP contribution is -2.29. The van der Waals surface area contributed by atoms with E-state index in [9.17, 15) is 5.11 Å². The van der Waals surface area contributed by atoms with Gasteiger partial charge in [0.2, 0.25) is 11.2 Å². The molecule has 2 aliphatic rings. The van der Waals surface area contributed by atoms with Crippen LogP contribution in [0.5, 0.6) is 0 Å².